The van der Waals surface area contributed by atoms with Gasteiger partial charge >= 0.3 is 6.18 Å². The number of amides is 1. The van der Waals surface area contributed by atoms with Gasteiger partial charge in [-0.15, -0.1) is 11.3 Å². The first-order valence-electron chi connectivity index (χ1n) is 7.01. The van der Waals surface area contributed by atoms with Gasteiger partial charge in [-0.05, 0) is 12.1 Å². The molecule has 24 heavy (non-hydrogen) atoms. The van der Waals surface area contributed by atoms with Crippen molar-refractivity contribution >= 4 is 17.2 Å². The molecule has 1 aliphatic rings. The van der Waals surface area contributed by atoms with Crippen molar-refractivity contribution in [2.75, 3.05) is 20.2 Å². The van der Waals surface area contributed by atoms with Crippen LogP contribution in [0.4, 0.5) is 13.2 Å². The molecule has 0 radical (unpaired) electrons. The summed E-state index contributed by atoms with van der Waals surface area (Å²) in [5, 5.41) is 0.0697. The van der Waals surface area contributed by atoms with Crippen LogP contribution in [0.5, 0.6) is 11.5 Å². The van der Waals surface area contributed by atoms with Gasteiger partial charge in [0.05, 0.1) is 6.54 Å². The van der Waals surface area contributed by atoms with Gasteiger partial charge in [-0.3, -0.25) is 4.79 Å². The summed E-state index contributed by atoms with van der Waals surface area (Å²) in [5.41, 5.74) is -0.230. The van der Waals surface area contributed by atoms with E-state index in [-0.39, 0.29) is 18.8 Å². The van der Waals surface area contributed by atoms with Crippen molar-refractivity contribution in [2.24, 2.45) is 0 Å². The molecule has 0 saturated heterocycles. The van der Waals surface area contributed by atoms with Crippen LogP contribution in [0, 0.1) is 0 Å². The van der Waals surface area contributed by atoms with Crippen molar-refractivity contribution in [1.82, 2.24) is 9.88 Å². The Hall–Kier alpha value is -2.29. The number of aromatic nitrogens is 1. The molecular weight excluding hydrogens is 345 g/mol. The highest BCUT2D eigenvalue weighted by atomic mass is 32.1. The zero-order valence-electron chi connectivity index (χ0n) is 12.5. The normalized spacial score (nSPS) is 16.8. The van der Waals surface area contributed by atoms with Crippen molar-refractivity contribution in [3.63, 3.8) is 0 Å². The van der Waals surface area contributed by atoms with Gasteiger partial charge in [0.15, 0.2) is 22.6 Å². The summed E-state index contributed by atoms with van der Waals surface area (Å²) in [5.74, 6) is 0.601. The van der Waals surface area contributed by atoms with Crippen LogP contribution in [-0.4, -0.2) is 42.1 Å². The van der Waals surface area contributed by atoms with E-state index in [1.54, 1.807) is 18.2 Å². The second kappa shape index (κ2) is 6.31. The molecule has 1 aromatic heterocycles. The Morgan fingerprint density at radius 3 is 2.75 bits per heavy atom. The fourth-order valence-electron chi connectivity index (χ4n) is 2.24. The number of likely N-dealkylation sites (N-methyl/N-ethyl adjacent to an activating group) is 1. The Kier molecular flexibility index (Phi) is 4.35. The number of para-hydroxylation sites is 2. The van der Waals surface area contributed by atoms with Crippen LogP contribution >= 0.6 is 11.3 Å². The van der Waals surface area contributed by atoms with E-state index in [1.165, 1.54) is 11.9 Å². The van der Waals surface area contributed by atoms with Gasteiger partial charge in [-0.25, -0.2) is 4.98 Å². The molecule has 1 aliphatic heterocycles. The number of alkyl halides is 3. The summed E-state index contributed by atoms with van der Waals surface area (Å²) >= 11 is 0.399. The Balaban J connectivity index is 1.64. The van der Waals surface area contributed by atoms with E-state index in [1.807, 2.05) is 6.07 Å². The first-order chi connectivity index (χ1) is 11.3. The first kappa shape index (κ1) is 16.6. The van der Waals surface area contributed by atoms with E-state index in [4.69, 9.17) is 9.47 Å². The summed E-state index contributed by atoms with van der Waals surface area (Å²) in [6, 6.07) is 7.14. The average molecular weight is 358 g/mol. The molecule has 1 aromatic carbocycles. The van der Waals surface area contributed by atoms with Crippen molar-refractivity contribution in [2.45, 2.75) is 12.3 Å². The van der Waals surface area contributed by atoms with Crippen LogP contribution in [0.1, 0.15) is 15.5 Å². The molecule has 9 heteroatoms. The molecule has 0 spiro atoms. The Morgan fingerprint density at radius 1 is 1.38 bits per heavy atom. The highest BCUT2D eigenvalue weighted by Gasteiger charge is 2.35. The molecule has 3 rings (SSSR count). The molecule has 0 aliphatic carbocycles. The van der Waals surface area contributed by atoms with E-state index in [2.05, 4.69) is 4.98 Å². The van der Waals surface area contributed by atoms with Crippen LogP contribution in [0.3, 0.4) is 0 Å². The van der Waals surface area contributed by atoms with Crippen LogP contribution in [0.15, 0.2) is 29.6 Å². The van der Waals surface area contributed by atoms with Crippen molar-refractivity contribution < 1.29 is 27.4 Å². The SMILES string of the molecule is CN(CC1COc2ccccc2O1)C(=O)c1csc(C(F)(F)F)n1. The maximum absolute atomic E-state index is 12.6. The topological polar surface area (TPSA) is 51.7 Å². The lowest BCUT2D eigenvalue weighted by Crippen LogP contribution is -2.41. The molecule has 0 saturated carbocycles. The molecule has 0 N–H and O–H groups in total. The quantitative estimate of drug-likeness (QED) is 0.846. The third kappa shape index (κ3) is 3.45. The first-order valence-corrected chi connectivity index (χ1v) is 7.89. The Bertz CT molecular complexity index is 748. The lowest BCUT2D eigenvalue weighted by Gasteiger charge is -2.29. The minimum Gasteiger partial charge on any atom is -0.486 e. The number of thiazole rings is 1. The lowest BCUT2D eigenvalue weighted by molar-refractivity contribution is -0.137. The number of hydrogen-bond donors (Lipinski definition) is 0. The van der Waals surface area contributed by atoms with E-state index in [0.717, 1.165) is 5.38 Å². The van der Waals surface area contributed by atoms with E-state index >= 15 is 0 Å². The molecular formula is C15H13F3N2O3S. The summed E-state index contributed by atoms with van der Waals surface area (Å²) in [6.45, 7) is 0.422. The maximum Gasteiger partial charge on any atom is 0.443 e. The molecule has 2 aromatic rings. The van der Waals surface area contributed by atoms with E-state index in [0.29, 0.717) is 22.8 Å². The zero-order chi connectivity index (χ0) is 17.3. The van der Waals surface area contributed by atoms with Crippen molar-refractivity contribution in [3.05, 3.63) is 40.3 Å². The third-order valence-corrected chi connectivity index (χ3v) is 4.24. The fraction of sp³-hybridized carbons (Fsp3) is 0.333. The van der Waals surface area contributed by atoms with Gasteiger partial charge in [-0.1, -0.05) is 12.1 Å². The summed E-state index contributed by atoms with van der Waals surface area (Å²) < 4.78 is 49.0. The fourth-order valence-corrected chi connectivity index (χ4v) is 2.90. The second-order valence-corrected chi connectivity index (χ2v) is 6.08. The van der Waals surface area contributed by atoms with Gasteiger partial charge in [-0.2, -0.15) is 13.2 Å². The standard InChI is InChI=1S/C15H13F3N2O3S/c1-20(13(21)10-8-24-14(19-10)15(16,17)18)6-9-7-22-11-4-2-3-5-12(11)23-9/h2-5,8-9H,6-7H2,1H3. The summed E-state index contributed by atoms with van der Waals surface area (Å²) in [6.07, 6.45) is -4.96. The van der Waals surface area contributed by atoms with E-state index < -0.39 is 23.2 Å². The van der Waals surface area contributed by atoms with Crippen LogP contribution < -0.4 is 9.47 Å². The van der Waals surface area contributed by atoms with Gasteiger partial charge in [0.1, 0.15) is 12.3 Å². The zero-order valence-corrected chi connectivity index (χ0v) is 13.4. The number of benzene rings is 1. The molecule has 0 bridgehead atoms. The highest BCUT2D eigenvalue weighted by Crippen LogP contribution is 2.32. The summed E-state index contributed by atoms with van der Waals surface area (Å²) in [4.78, 5) is 16.8. The Labute approximate surface area is 139 Å². The van der Waals surface area contributed by atoms with Crippen molar-refractivity contribution in [3.8, 4) is 11.5 Å². The minimum absolute atomic E-state index is 0.173. The molecule has 0 fully saturated rings. The molecule has 5 nitrogen and oxygen atoms in total. The molecule has 2 heterocycles. The number of nitrogens with zero attached hydrogens (tertiary/aromatic N) is 2. The molecule has 1 amide bonds. The smallest absolute Gasteiger partial charge is 0.443 e. The number of carbonyl (C=O) groups excluding carboxylic acids is 1. The number of carbonyl (C=O) groups is 1. The predicted molar refractivity (Wildman–Crippen MR) is 80.4 cm³/mol. The van der Waals surface area contributed by atoms with Crippen LogP contribution in [0.2, 0.25) is 0 Å². The maximum atomic E-state index is 12.6. The van der Waals surface area contributed by atoms with Gasteiger partial charge < -0.3 is 14.4 Å². The van der Waals surface area contributed by atoms with Gasteiger partial charge in [0.25, 0.3) is 5.91 Å². The molecule has 1 atom stereocenters. The van der Waals surface area contributed by atoms with E-state index in [9.17, 15) is 18.0 Å². The number of halogens is 3. The average Bonchev–Trinajstić information content (AvgIpc) is 3.04. The lowest BCUT2D eigenvalue weighted by atomic mass is 10.2. The molecule has 1 unspecified atom stereocenters. The van der Waals surface area contributed by atoms with Gasteiger partial charge in [0, 0.05) is 12.4 Å². The second-order valence-electron chi connectivity index (χ2n) is 5.22. The number of ether oxygens (including phenoxy) is 2. The summed E-state index contributed by atoms with van der Waals surface area (Å²) in [7, 11) is 1.48. The van der Waals surface area contributed by atoms with Gasteiger partial charge in [0.2, 0.25) is 0 Å². The monoisotopic (exact) mass is 358 g/mol. The Morgan fingerprint density at radius 2 is 2.08 bits per heavy atom. The van der Waals surface area contributed by atoms with Crippen molar-refractivity contribution in [1.29, 1.82) is 0 Å². The molecule has 128 valence electrons. The number of rotatable bonds is 3. The number of hydrogen-bond acceptors (Lipinski definition) is 5. The predicted octanol–water partition coefficient (Wildman–Crippen LogP) is 3.07. The largest absolute Gasteiger partial charge is 0.486 e. The van der Waals surface area contributed by atoms with Crippen LogP contribution in [0.25, 0.3) is 0 Å². The highest BCUT2D eigenvalue weighted by molar-refractivity contribution is 7.09. The minimum atomic E-state index is -4.55. The number of fused-ring (bicyclic) bond motifs is 1. The third-order valence-electron chi connectivity index (χ3n) is 3.36. The van der Waals surface area contributed by atoms with Crippen LogP contribution in [-0.2, 0) is 6.18 Å².